The first-order chi connectivity index (χ1) is 19.0. The van der Waals surface area contributed by atoms with E-state index in [1.165, 1.54) is 19.2 Å². The largest absolute Gasteiger partial charge is 0.492 e. The Morgan fingerprint density at radius 2 is 1.77 bits per heavy atom. The van der Waals surface area contributed by atoms with Crippen LogP contribution in [0.3, 0.4) is 0 Å². The summed E-state index contributed by atoms with van der Waals surface area (Å²) >= 11 is 0. The topological polar surface area (TPSA) is 121 Å². The summed E-state index contributed by atoms with van der Waals surface area (Å²) in [4.78, 5) is 19.8. The molecule has 9 nitrogen and oxygen atoms in total. The van der Waals surface area contributed by atoms with E-state index < -0.39 is 48.9 Å². The van der Waals surface area contributed by atoms with Crippen molar-refractivity contribution in [3.63, 3.8) is 0 Å². The molecular weight excluding hydrogens is 544 g/mol. The molecule has 4 aromatic rings. The number of sulfone groups is 1. The Kier molecular flexibility index (Phi) is 8.72. The second-order valence-electron chi connectivity index (χ2n) is 9.11. The van der Waals surface area contributed by atoms with Crippen LogP contribution in [0.15, 0.2) is 81.4 Å². The smallest absolute Gasteiger partial charge is 0.277 e. The third kappa shape index (κ3) is 5.93. The lowest BCUT2D eigenvalue weighted by atomic mass is 10.1. The molecule has 0 radical (unpaired) electrons. The van der Waals surface area contributed by atoms with E-state index in [9.17, 15) is 22.7 Å². The highest BCUT2D eigenvalue weighted by atomic mass is 32.2. The summed E-state index contributed by atoms with van der Waals surface area (Å²) in [6, 6.07) is 13.2. The predicted octanol–water partition coefficient (Wildman–Crippen LogP) is 4.28. The SMILES string of the molecule is COCC(c1ccccc1)n1c(COC(C)C)nc(O)c(S(=O)(=O)c2ccc(-c3ccc(F)nc3)c(F)c2)c1=O. The number of methoxy groups -OCH3 is 1. The summed E-state index contributed by atoms with van der Waals surface area (Å²) < 4.78 is 67.7. The van der Waals surface area contributed by atoms with Crippen LogP contribution in [-0.4, -0.2) is 47.9 Å². The minimum absolute atomic E-state index is 0.0219. The van der Waals surface area contributed by atoms with Gasteiger partial charge in [0, 0.05) is 24.4 Å². The van der Waals surface area contributed by atoms with Crippen molar-refractivity contribution in [3.8, 4) is 17.0 Å². The van der Waals surface area contributed by atoms with E-state index in [0.717, 1.165) is 29.0 Å². The molecule has 40 heavy (non-hydrogen) atoms. The number of aromatic hydroxyl groups is 1. The van der Waals surface area contributed by atoms with Crippen molar-refractivity contribution in [2.75, 3.05) is 13.7 Å². The van der Waals surface area contributed by atoms with Gasteiger partial charge in [-0.25, -0.2) is 17.8 Å². The van der Waals surface area contributed by atoms with Gasteiger partial charge in [0.05, 0.1) is 23.6 Å². The van der Waals surface area contributed by atoms with Crippen LogP contribution in [-0.2, 0) is 25.9 Å². The Morgan fingerprint density at radius 3 is 2.38 bits per heavy atom. The first kappa shape index (κ1) is 29.0. The maximum absolute atomic E-state index is 15.1. The summed E-state index contributed by atoms with van der Waals surface area (Å²) in [5, 5.41) is 10.7. The van der Waals surface area contributed by atoms with Crippen LogP contribution in [0.4, 0.5) is 8.78 Å². The minimum Gasteiger partial charge on any atom is -0.492 e. The van der Waals surface area contributed by atoms with Crippen LogP contribution in [0.5, 0.6) is 5.88 Å². The van der Waals surface area contributed by atoms with Gasteiger partial charge in [-0.2, -0.15) is 9.37 Å². The maximum Gasteiger partial charge on any atom is 0.277 e. The van der Waals surface area contributed by atoms with Crippen molar-refractivity contribution in [1.29, 1.82) is 0 Å². The number of benzene rings is 2. The molecule has 0 spiro atoms. The van der Waals surface area contributed by atoms with Crippen LogP contribution in [0.1, 0.15) is 31.3 Å². The van der Waals surface area contributed by atoms with Crippen LogP contribution < -0.4 is 5.56 Å². The molecule has 0 aliphatic heterocycles. The molecule has 2 aromatic heterocycles. The molecule has 12 heteroatoms. The number of hydrogen-bond acceptors (Lipinski definition) is 8. The zero-order valence-electron chi connectivity index (χ0n) is 21.9. The van der Waals surface area contributed by atoms with Gasteiger partial charge in [-0.1, -0.05) is 36.4 Å². The van der Waals surface area contributed by atoms with Gasteiger partial charge in [-0.05, 0) is 43.7 Å². The molecular formula is C28H27F2N3O6S. The Labute approximate surface area is 229 Å². The number of ether oxygens (including phenoxy) is 2. The van der Waals surface area contributed by atoms with E-state index in [-0.39, 0.29) is 36.3 Å². The van der Waals surface area contributed by atoms with Gasteiger partial charge in [0.1, 0.15) is 18.2 Å². The highest BCUT2D eigenvalue weighted by Crippen LogP contribution is 2.30. The van der Waals surface area contributed by atoms with Crippen molar-refractivity contribution < 1.29 is 31.8 Å². The predicted molar refractivity (Wildman–Crippen MR) is 142 cm³/mol. The zero-order chi connectivity index (χ0) is 29.0. The summed E-state index contributed by atoms with van der Waals surface area (Å²) in [6.45, 7) is 3.30. The Morgan fingerprint density at radius 1 is 1.05 bits per heavy atom. The van der Waals surface area contributed by atoms with E-state index in [1.54, 1.807) is 44.2 Å². The van der Waals surface area contributed by atoms with Crippen molar-refractivity contribution in [2.45, 2.75) is 42.4 Å². The Hall–Kier alpha value is -4.00. The van der Waals surface area contributed by atoms with Crippen molar-refractivity contribution in [1.82, 2.24) is 14.5 Å². The highest BCUT2D eigenvalue weighted by molar-refractivity contribution is 7.91. The normalized spacial score (nSPS) is 12.6. The van der Waals surface area contributed by atoms with Gasteiger partial charge >= 0.3 is 0 Å². The number of aromatic nitrogens is 3. The van der Waals surface area contributed by atoms with Gasteiger partial charge in [-0.15, -0.1) is 0 Å². The lowest BCUT2D eigenvalue weighted by Gasteiger charge is -2.24. The van der Waals surface area contributed by atoms with Crippen molar-refractivity contribution in [3.05, 3.63) is 100 Å². The fourth-order valence-electron chi connectivity index (χ4n) is 4.15. The molecule has 4 rings (SSSR count). The molecule has 1 atom stereocenters. The van der Waals surface area contributed by atoms with E-state index in [1.807, 2.05) is 0 Å². The quantitative estimate of drug-likeness (QED) is 0.280. The van der Waals surface area contributed by atoms with Crippen LogP contribution in [0, 0.1) is 11.8 Å². The summed E-state index contributed by atoms with van der Waals surface area (Å²) in [6.07, 6.45) is 0.847. The summed E-state index contributed by atoms with van der Waals surface area (Å²) in [7, 11) is -3.34. The number of pyridine rings is 1. The van der Waals surface area contributed by atoms with Gasteiger partial charge in [0.2, 0.25) is 21.7 Å². The maximum atomic E-state index is 15.1. The van der Waals surface area contributed by atoms with Crippen LogP contribution in [0.25, 0.3) is 11.1 Å². The molecule has 0 saturated heterocycles. The van der Waals surface area contributed by atoms with E-state index in [0.29, 0.717) is 5.56 Å². The van der Waals surface area contributed by atoms with E-state index >= 15 is 4.39 Å². The van der Waals surface area contributed by atoms with Crippen LogP contribution in [0.2, 0.25) is 0 Å². The second-order valence-corrected chi connectivity index (χ2v) is 11.0. The monoisotopic (exact) mass is 571 g/mol. The lowest BCUT2D eigenvalue weighted by Crippen LogP contribution is -2.35. The second kappa shape index (κ2) is 12.0. The van der Waals surface area contributed by atoms with E-state index in [4.69, 9.17) is 9.47 Å². The average Bonchev–Trinajstić information content (AvgIpc) is 2.92. The van der Waals surface area contributed by atoms with Crippen molar-refractivity contribution >= 4 is 9.84 Å². The molecule has 0 aliphatic carbocycles. The third-order valence-electron chi connectivity index (χ3n) is 6.05. The molecule has 210 valence electrons. The molecule has 1 unspecified atom stereocenters. The van der Waals surface area contributed by atoms with Gasteiger partial charge in [-0.3, -0.25) is 9.36 Å². The molecule has 1 N–H and O–H groups in total. The molecule has 0 bridgehead atoms. The van der Waals surface area contributed by atoms with Gasteiger partial charge in [0.15, 0.2) is 4.90 Å². The molecule has 0 aliphatic rings. The number of hydrogen-bond donors (Lipinski definition) is 1. The molecule has 0 fully saturated rings. The Balaban J connectivity index is 1.89. The highest BCUT2D eigenvalue weighted by Gasteiger charge is 2.32. The average molecular weight is 572 g/mol. The standard InChI is InChI=1S/C28H27F2N3O6S/c1-17(2)39-16-25-32-27(34)26(28(35)33(25)23(15-38-3)18-7-5-4-6-8-18)40(36,37)20-10-11-21(22(29)13-20)19-9-12-24(30)31-14-19/h4-14,17,23,34H,15-16H2,1-3H3. The Bertz CT molecular complexity index is 1660. The summed E-state index contributed by atoms with van der Waals surface area (Å²) in [5.74, 6) is -2.77. The molecule has 0 saturated carbocycles. The number of nitrogens with zero attached hydrogens (tertiary/aromatic N) is 3. The fraction of sp³-hybridized carbons (Fsp3) is 0.250. The lowest BCUT2D eigenvalue weighted by molar-refractivity contribution is 0.0557. The fourth-order valence-corrected chi connectivity index (χ4v) is 5.51. The van der Waals surface area contributed by atoms with Gasteiger partial charge < -0.3 is 14.6 Å². The van der Waals surface area contributed by atoms with E-state index in [2.05, 4.69) is 9.97 Å². The van der Waals surface area contributed by atoms with Crippen LogP contribution >= 0.6 is 0 Å². The molecule has 2 heterocycles. The first-order valence-corrected chi connectivity index (χ1v) is 13.7. The number of rotatable bonds is 10. The summed E-state index contributed by atoms with van der Waals surface area (Å²) in [5.41, 5.74) is -0.268. The first-order valence-electron chi connectivity index (χ1n) is 12.2. The molecule has 0 amide bonds. The number of halogens is 2. The van der Waals surface area contributed by atoms with Crippen molar-refractivity contribution in [2.24, 2.45) is 0 Å². The zero-order valence-corrected chi connectivity index (χ0v) is 22.7. The molecule has 2 aromatic carbocycles. The third-order valence-corrected chi connectivity index (χ3v) is 7.82. The minimum atomic E-state index is -4.77. The van der Waals surface area contributed by atoms with Gasteiger partial charge in [0.25, 0.3) is 5.56 Å².